The first kappa shape index (κ1) is 20.6. The van der Waals surface area contributed by atoms with E-state index in [0.717, 1.165) is 44.1 Å². The van der Waals surface area contributed by atoms with Gasteiger partial charge in [0.1, 0.15) is 11.2 Å². The van der Waals surface area contributed by atoms with Gasteiger partial charge in [-0.3, -0.25) is 19.5 Å². The van der Waals surface area contributed by atoms with Crippen LogP contribution >= 0.6 is 0 Å². The largest absolute Gasteiger partial charge is 0.433 e. The van der Waals surface area contributed by atoms with Gasteiger partial charge in [0.25, 0.3) is 5.91 Å². The van der Waals surface area contributed by atoms with E-state index < -0.39 is 23.3 Å². The molecule has 2 amide bonds. The number of hydrogen-bond donors (Lipinski definition) is 2. The molecule has 2 aliphatic rings. The number of rotatable bonds is 4. The Morgan fingerprint density at radius 3 is 2.64 bits per heavy atom. The molecule has 154 valence electrons. The van der Waals surface area contributed by atoms with Crippen LogP contribution in [0.25, 0.3) is 0 Å². The molecule has 3 heterocycles. The summed E-state index contributed by atoms with van der Waals surface area (Å²) in [5.74, 6) is -0.499. The topological polar surface area (TPSA) is 74.3 Å². The van der Waals surface area contributed by atoms with E-state index in [-0.39, 0.29) is 23.6 Å². The lowest BCUT2D eigenvalue weighted by atomic mass is 9.84. The van der Waals surface area contributed by atoms with Gasteiger partial charge in [-0.05, 0) is 58.2 Å². The van der Waals surface area contributed by atoms with Crippen molar-refractivity contribution < 1.29 is 22.8 Å². The standard InChI is InChI=1S/C19H25F3N4O2/c1-12(2)24-17(28)18-7-3-4-8-26(18)11-14(9-18)25-16(27)13-5-6-15(23-10-13)19(20,21)22/h5-6,10,12,14H,3-4,7-9,11H2,1-2H3,(H,24,28)(H,25,27)/t14-,18-/m0/s1. The minimum absolute atomic E-state index is 0.0184. The maximum absolute atomic E-state index is 12.9. The van der Waals surface area contributed by atoms with Crippen LogP contribution in [0.4, 0.5) is 13.2 Å². The molecule has 9 heteroatoms. The van der Waals surface area contributed by atoms with Crippen molar-refractivity contribution in [3.63, 3.8) is 0 Å². The van der Waals surface area contributed by atoms with Crippen LogP contribution in [0.15, 0.2) is 18.3 Å². The summed E-state index contributed by atoms with van der Waals surface area (Å²) < 4.78 is 37.9. The first-order valence-corrected chi connectivity index (χ1v) is 9.52. The maximum atomic E-state index is 12.9. The second kappa shape index (κ2) is 7.69. The summed E-state index contributed by atoms with van der Waals surface area (Å²) in [6.45, 7) is 5.16. The summed E-state index contributed by atoms with van der Waals surface area (Å²) >= 11 is 0. The van der Waals surface area contributed by atoms with Gasteiger partial charge < -0.3 is 10.6 Å². The molecule has 0 aromatic carbocycles. The molecule has 2 fully saturated rings. The van der Waals surface area contributed by atoms with Crippen molar-refractivity contribution >= 4 is 11.8 Å². The van der Waals surface area contributed by atoms with E-state index in [1.54, 1.807) is 0 Å². The first-order valence-electron chi connectivity index (χ1n) is 9.52. The second-order valence-electron chi connectivity index (χ2n) is 7.87. The van der Waals surface area contributed by atoms with E-state index in [0.29, 0.717) is 13.0 Å². The summed E-state index contributed by atoms with van der Waals surface area (Å²) in [4.78, 5) is 30.8. The van der Waals surface area contributed by atoms with Crippen LogP contribution in [0, 0.1) is 0 Å². The zero-order valence-electron chi connectivity index (χ0n) is 16.0. The van der Waals surface area contributed by atoms with Crippen LogP contribution in [0.3, 0.4) is 0 Å². The van der Waals surface area contributed by atoms with E-state index in [9.17, 15) is 22.8 Å². The molecule has 0 spiro atoms. The number of piperidine rings is 1. The number of nitrogens with one attached hydrogen (secondary N) is 2. The predicted molar refractivity (Wildman–Crippen MR) is 96.5 cm³/mol. The van der Waals surface area contributed by atoms with Gasteiger partial charge in [-0.1, -0.05) is 0 Å². The SMILES string of the molecule is CC(C)NC(=O)[C@@]12CCCCN1C[C@@H](NC(=O)c1ccc(C(F)(F)F)nc1)C2. The van der Waals surface area contributed by atoms with Gasteiger partial charge in [0.15, 0.2) is 0 Å². The number of carbonyl (C=O) groups excluding carboxylic acids is 2. The van der Waals surface area contributed by atoms with Crippen molar-refractivity contribution in [1.82, 2.24) is 20.5 Å². The summed E-state index contributed by atoms with van der Waals surface area (Å²) in [5, 5.41) is 5.85. The highest BCUT2D eigenvalue weighted by atomic mass is 19.4. The van der Waals surface area contributed by atoms with Crippen LogP contribution in [0.5, 0.6) is 0 Å². The summed E-state index contributed by atoms with van der Waals surface area (Å²) in [6.07, 6.45) is -0.432. The first-order chi connectivity index (χ1) is 13.1. The zero-order chi connectivity index (χ0) is 20.5. The number of carbonyl (C=O) groups is 2. The summed E-state index contributed by atoms with van der Waals surface area (Å²) in [7, 11) is 0. The number of halogens is 3. The molecule has 3 rings (SSSR count). The van der Waals surface area contributed by atoms with Crippen LogP contribution in [0.2, 0.25) is 0 Å². The predicted octanol–water partition coefficient (Wildman–Crippen LogP) is 2.35. The molecule has 0 unspecified atom stereocenters. The Labute approximate surface area is 161 Å². The van der Waals surface area contributed by atoms with Gasteiger partial charge in [0.2, 0.25) is 5.91 Å². The number of aromatic nitrogens is 1. The second-order valence-corrected chi connectivity index (χ2v) is 7.87. The lowest BCUT2D eigenvalue weighted by Crippen LogP contribution is -2.58. The Kier molecular flexibility index (Phi) is 5.65. The third-order valence-electron chi connectivity index (χ3n) is 5.39. The fourth-order valence-corrected chi connectivity index (χ4v) is 4.14. The number of amides is 2. The highest BCUT2D eigenvalue weighted by molar-refractivity contribution is 5.94. The smallest absolute Gasteiger partial charge is 0.352 e. The fraction of sp³-hybridized carbons (Fsp3) is 0.632. The monoisotopic (exact) mass is 398 g/mol. The Bertz CT molecular complexity index is 736. The van der Waals surface area contributed by atoms with Crippen molar-refractivity contribution in [2.45, 2.75) is 63.3 Å². The third-order valence-corrected chi connectivity index (χ3v) is 5.39. The molecule has 0 radical (unpaired) electrons. The zero-order valence-corrected chi connectivity index (χ0v) is 16.0. The van der Waals surface area contributed by atoms with Crippen molar-refractivity contribution in [1.29, 1.82) is 0 Å². The van der Waals surface area contributed by atoms with E-state index >= 15 is 0 Å². The van der Waals surface area contributed by atoms with Crippen LogP contribution in [-0.2, 0) is 11.0 Å². The lowest BCUT2D eigenvalue weighted by Gasteiger charge is -2.41. The quantitative estimate of drug-likeness (QED) is 0.817. The molecule has 0 bridgehead atoms. The molecule has 2 N–H and O–H groups in total. The van der Waals surface area contributed by atoms with Crippen molar-refractivity contribution in [3.05, 3.63) is 29.6 Å². The van der Waals surface area contributed by atoms with Gasteiger partial charge in [0, 0.05) is 24.8 Å². The van der Waals surface area contributed by atoms with E-state index in [1.807, 2.05) is 13.8 Å². The molecular formula is C19H25F3N4O2. The minimum Gasteiger partial charge on any atom is -0.352 e. The van der Waals surface area contributed by atoms with Gasteiger partial charge in [-0.15, -0.1) is 0 Å². The molecule has 0 saturated carbocycles. The molecule has 0 aliphatic carbocycles. The number of hydrogen-bond acceptors (Lipinski definition) is 4. The number of pyridine rings is 1. The van der Waals surface area contributed by atoms with Crippen molar-refractivity contribution in [2.75, 3.05) is 13.1 Å². The van der Waals surface area contributed by atoms with E-state index in [2.05, 4.69) is 20.5 Å². The average Bonchev–Trinajstić information content (AvgIpc) is 2.99. The van der Waals surface area contributed by atoms with E-state index in [1.165, 1.54) is 0 Å². The molecule has 2 atom stereocenters. The average molecular weight is 398 g/mol. The summed E-state index contributed by atoms with van der Waals surface area (Å²) in [5.41, 5.74) is -1.59. The Hall–Kier alpha value is -2.16. The van der Waals surface area contributed by atoms with Gasteiger partial charge in [-0.25, -0.2) is 0 Å². The van der Waals surface area contributed by atoms with Gasteiger partial charge in [-0.2, -0.15) is 13.2 Å². The Morgan fingerprint density at radius 2 is 2.04 bits per heavy atom. The number of nitrogens with zero attached hydrogens (tertiary/aromatic N) is 2. The molecule has 1 aromatic rings. The minimum atomic E-state index is -4.54. The summed E-state index contributed by atoms with van der Waals surface area (Å²) in [6, 6.07) is 1.70. The highest BCUT2D eigenvalue weighted by Crippen LogP contribution is 2.38. The van der Waals surface area contributed by atoms with Gasteiger partial charge >= 0.3 is 6.18 Å². The van der Waals surface area contributed by atoms with E-state index in [4.69, 9.17) is 0 Å². The van der Waals surface area contributed by atoms with Crippen LogP contribution in [-0.4, -0.2) is 52.4 Å². The fourth-order valence-electron chi connectivity index (χ4n) is 4.14. The Morgan fingerprint density at radius 1 is 1.29 bits per heavy atom. The van der Waals surface area contributed by atoms with Crippen LogP contribution in [0.1, 0.15) is 55.6 Å². The van der Waals surface area contributed by atoms with Crippen LogP contribution < -0.4 is 10.6 Å². The maximum Gasteiger partial charge on any atom is 0.433 e. The van der Waals surface area contributed by atoms with Gasteiger partial charge in [0.05, 0.1) is 5.56 Å². The highest BCUT2D eigenvalue weighted by Gasteiger charge is 2.52. The molecular weight excluding hydrogens is 373 g/mol. The molecule has 1 aromatic heterocycles. The van der Waals surface area contributed by atoms with Crippen molar-refractivity contribution in [2.24, 2.45) is 0 Å². The number of fused-ring (bicyclic) bond motifs is 1. The number of alkyl halides is 3. The Balaban J connectivity index is 1.70. The molecule has 2 saturated heterocycles. The molecule has 28 heavy (non-hydrogen) atoms. The normalized spacial score (nSPS) is 25.4. The lowest BCUT2D eigenvalue weighted by molar-refractivity contribution is -0.141. The molecule has 6 nitrogen and oxygen atoms in total. The third kappa shape index (κ3) is 4.14. The molecule has 2 aliphatic heterocycles. The van der Waals surface area contributed by atoms with Crippen molar-refractivity contribution in [3.8, 4) is 0 Å².